The number of fused-ring (bicyclic) bond motifs is 1. The Kier molecular flexibility index (Phi) is 5.90. The summed E-state index contributed by atoms with van der Waals surface area (Å²) in [5.74, 6) is 1.26. The van der Waals surface area contributed by atoms with Gasteiger partial charge in [-0.05, 0) is 75.4 Å². The van der Waals surface area contributed by atoms with Crippen molar-refractivity contribution in [3.05, 3.63) is 47.3 Å². The van der Waals surface area contributed by atoms with Crippen LogP contribution in [0, 0.1) is 13.8 Å². The van der Waals surface area contributed by atoms with Gasteiger partial charge in [-0.2, -0.15) is 16.9 Å². The van der Waals surface area contributed by atoms with Gasteiger partial charge < -0.3 is 0 Å². The maximum absolute atomic E-state index is 4.66. The van der Waals surface area contributed by atoms with Crippen LogP contribution in [0.5, 0.6) is 0 Å². The lowest BCUT2D eigenvalue weighted by Gasteiger charge is -2.44. The van der Waals surface area contributed by atoms with Crippen LogP contribution in [-0.4, -0.2) is 63.3 Å². The van der Waals surface area contributed by atoms with Crippen molar-refractivity contribution < 1.29 is 0 Å². The highest BCUT2D eigenvalue weighted by molar-refractivity contribution is 7.98. The standard InChI is InChI=1S/C22H32N4S/c1-17-12-18(2)26(23-17)20-7-4-6-19(13-20)14-25-16-21-8-5-10-24(21)15-22(25)9-11-27-3/h4,6-7,12-13,21-22H,5,8-11,14-16H2,1-3H3/t21-,22-/m0/s1. The van der Waals surface area contributed by atoms with E-state index in [1.165, 1.54) is 61.6 Å². The zero-order chi connectivity index (χ0) is 18.8. The molecule has 0 aliphatic carbocycles. The molecule has 2 aliphatic heterocycles. The number of aryl methyl sites for hydroxylation is 2. The first-order chi connectivity index (χ1) is 13.1. The molecule has 1 aromatic heterocycles. The van der Waals surface area contributed by atoms with Crippen LogP contribution in [-0.2, 0) is 6.54 Å². The Balaban J connectivity index is 1.52. The third-order valence-corrected chi connectivity index (χ3v) is 6.76. The fourth-order valence-corrected chi connectivity index (χ4v) is 5.29. The number of hydrogen-bond donors (Lipinski definition) is 0. The number of nitrogens with zero attached hydrogens (tertiary/aromatic N) is 4. The third kappa shape index (κ3) is 4.25. The van der Waals surface area contributed by atoms with Crippen LogP contribution in [0.1, 0.15) is 36.2 Å². The van der Waals surface area contributed by atoms with E-state index in [1.54, 1.807) is 0 Å². The van der Waals surface area contributed by atoms with Gasteiger partial charge in [0.05, 0.1) is 11.4 Å². The van der Waals surface area contributed by atoms with Gasteiger partial charge in [0.1, 0.15) is 0 Å². The van der Waals surface area contributed by atoms with E-state index in [9.17, 15) is 0 Å². The van der Waals surface area contributed by atoms with Gasteiger partial charge >= 0.3 is 0 Å². The van der Waals surface area contributed by atoms with Gasteiger partial charge in [-0.3, -0.25) is 9.80 Å². The summed E-state index contributed by atoms with van der Waals surface area (Å²) >= 11 is 1.98. The van der Waals surface area contributed by atoms with Crippen LogP contribution in [0.25, 0.3) is 5.69 Å². The molecule has 2 fully saturated rings. The van der Waals surface area contributed by atoms with Crippen LogP contribution >= 0.6 is 11.8 Å². The molecule has 0 bridgehead atoms. The summed E-state index contributed by atoms with van der Waals surface area (Å²) in [5, 5.41) is 4.66. The Morgan fingerprint density at radius 2 is 2.07 bits per heavy atom. The van der Waals surface area contributed by atoms with Crippen LogP contribution in [0.4, 0.5) is 0 Å². The van der Waals surface area contributed by atoms with Gasteiger partial charge in [-0.15, -0.1) is 0 Å². The molecule has 5 heteroatoms. The lowest BCUT2D eigenvalue weighted by atomic mass is 10.0. The number of hydrogen-bond acceptors (Lipinski definition) is 4. The summed E-state index contributed by atoms with van der Waals surface area (Å²) in [7, 11) is 0. The number of benzene rings is 1. The molecule has 4 nitrogen and oxygen atoms in total. The Bertz CT molecular complexity index is 771. The van der Waals surface area contributed by atoms with Gasteiger partial charge in [0, 0.05) is 37.4 Å². The Morgan fingerprint density at radius 3 is 2.85 bits per heavy atom. The molecule has 0 N–H and O–H groups in total. The highest BCUT2D eigenvalue weighted by atomic mass is 32.2. The molecule has 3 heterocycles. The maximum atomic E-state index is 4.66. The first-order valence-electron chi connectivity index (χ1n) is 10.2. The third-order valence-electron chi connectivity index (χ3n) is 6.11. The molecular weight excluding hydrogens is 352 g/mol. The molecule has 146 valence electrons. The fourth-order valence-electron chi connectivity index (χ4n) is 4.78. The van der Waals surface area contributed by atoms with Crippen molar-refractivity contribution in [1.29, 1.82) is 0 Å². The molecule has 2 saturated heterocycles. The normalized spacial score (nSPS) is 23.7. The number of rotatable bonds is 6. The number of piperazine rings is 1. The topological polar surface area (TPSA) is 24.3 Å². The molecule has 2 aliphatic rings. The fraction of sp³-hybridized carbons (Fsp3) is 0.591. The molecule has 27 heavy (non-hydrogen) atoms. The lowest BCUT2D eigenvalue weighted by molar-refractivity contribution is 0.0442. The van der Waals surface area contributed by atoms with Gasteiger partial charge in [0.15, 0.2) is 0 Å². The SMILES string of the molecule is CSCC[C@H]1CN2CCC[C@H]2CN1Cc1cccc(-n2nc(C)cc2C)c1. The Morgan fingerprint density at radius 1 is 1.19 bits per heavy atom. The molecular formula is C22H32N4S. The van der Waals surface area contributed by atoms with Crippen molar-refractivity contribution in [2.75, 3.05) is 31.6 Å². The van der Waals surface area contributed by atoms with Crippen molar-refractivity contribution in [2.24, 2.45) is 0 Å². The van der Waals surface area contributed by atoms with E-state index in [0.29, 0.717) is 6.04 Å². The van der Waals surface area contributed by atoms with Gasteiger partial charge in [0.2, 0.25) is 0 Å². The van der Waals surface area contributed by atoms with E-state index in [1.807, 2.05) is 11.8 Å². The minimum Gasteiger partial charge on any atom is -0.298 e. The summed E-state index contributed by atoms with van der Waals surface area (Å²) in [6, 6.07) is 12.6. The first-order valence-corrected chi connectivity index (χ1v) is 11.6. The molecule has 4 rings (SSSR count). The van der Waals surface area contributed by atoms with E-state index in [4.69, 9.17) is 0 Å². The lowest BCUT2D eigenvalue weighted by Crippen LogP contribution is -2.55. The molecule has 0 amide bonds. The second kappa shape index (κ2) is 8.38. The average molecular weight is 385 g/mol. The molecule has 2 aromatic rings. The largest absolute Gasteiger partial charge is 0.298 e. The maximum Gasteiger partial charge on any atom is 0.0651 e. The van der Waals surface area contributed by atoms with Crippen LogP contribution in [0.2, 0.25) is 0 Å². The van der Waals surface area contributed by atoms with E-state index in [2.05, 4.69) is 70.0 Å². The van der Waals surface area contributed by atoms with Crippen LogP contribution in [0.3, 0.4) is 0 Å². The van der Waals surface area contributed by atoms with Crippen LogP contribution in [0.15, 0.2) is 30.3 Å². The smallest absolute Gasteiger partial charge is 0.0651 e. The van der Waals surface area contributed by atoms with Crippen molar-refractivity contribution in [1.82, 2.24) is 19.6 Å². The monoisotopic (exact) mass is 384 g/mol. The zero-order valence-corrected chi connectivity index (χ0v) is 17.7. The summed E-state index contributed by atoms with van der Waals surface area (Å²) in [6.45, 7) is 9.03. The van der Waals surface area contributed by atoms with E-state index < -0.39 is 0 Å². The second-order valence-electron chi connectivity index (χ2n) is 8.16. The quantitative estimate of drug-likeness (QED) is 0.754. The summed E-state index contributed by atoms with van der Waals surface area (Å²) in [5.41, 5.74) is 4.85. The highest BCUT2D eigenvalue weighted by Crippen LogP contribution is 2.28. The molecule has 2 atom stereocenters. The summed E-state index contributed by atoms with van der Waals surface area (Å²) in [4.78, 5) is 5.50. The molecule has 0 unspecified atom stereocenters. The zero-order valence-electron chi connectivity index (χ0n) is 16.9. The van der Waals surface area contributed by atoms with E-state index >= 15 is 0 Å². The summed E-state index contributed by atoms with van der Waals surface area (Å²) in [6.07, 6.45) is 6.27. The summed E-state index contributed by atoms with van der Waals surface area (Å²) < 4.78 is 2.07. The predicted molar refractivity (Wildman–Crippen MR) is 115 cm³/mol. The van der Waals surface area contributed by atoms with Gasteiger partial charge in [-0.1, -0.05) is 12.1 Å². The number of aromatic nitrogens is 2. The van der Waals surface area contributed by atoms with Crippen molar-refractivity contribution in [3.63, 3.8) is 0 Å². The number of thioether (sulfide) groups is 1. The van der Waals surface area contributed by atoms with Crippen molar-refractivity contribution in [3.8, 4) is 5.69 Å². The van der Waals surface area contributed by atoms with E-state index in [-0.39, 0.29) is 0 Å². The molecule has 0 spiro atoms. The predicted octanol–water partition coefficient (Wildman–Crippen LogP) is 3.89. The molecule has 0 radical (unpaired) electrons. The van der Waals surface area contributed by atoms with E-state index in [0.717, 1.165) is 18.3 Å². The van der Waals surface area contributed by atoms with Crippen molar-refractivity contribution in [2.45, 2.75) is 51.7 Å². The second-order valence-corrected chi connectivity index (χ2v) is 9.15. The van der Waals surface area contributed by atoms with Crippen LogP contribution < -0.4 is 0 Å². The Labute approximate surface area is 167 Å². The Hall–Kier alpha value is -1.30. The molecule has 0 saturated carbocycles. The van der Waals surface area contributed by atoms with Gasteiger partial charge in [-0.25, -0.2) is 4.68 Å². The minimum absolute atomic E-state index is 0.684. The average Bonchev–Trinajstić information content (AvgIpc) is 3.25. The van der Waals surface area contributed by atoms with Crippen molar-refractivity contribution >= 4 is 11.8 Å². The molecule has 1 aromatic carbocycles. The first kappa shape index (κ1) is 19.0. The van der Waals surface area contributed by atoms with Gasteiger partial charge in [0.25, 0.3) is 0 Å². The highest BCUT2D eigenvalue weighted by Gasteiger charge is 2.35. The minimum atomic E-state index is 0.684.